The second-order valence-corrected chi connectivity index (χ2v) is 6.03. The minimum absolute atomic E-state index is 0.0207. The summed E-state index contributed by atoms with van der Waals surface area (Å²) >= 11 is 0. The lowest BCUT2D eigenvalue weighted by molar-refractivity contribution is -0.155. The largest absolute Gasteiger partial charge is 0.469 e. The fourth-order valence-electron chi connectivity index (χ4n) is 3.40. The predicted molar refractivity (Wildman–Crippen MR) is 54.8 cm³/mol. The fourth-order valence-corrected chi connectivity index (χ4v) is 3.40. The van der Waals surface area contributed by atoms with Gasteiger partial charge in [0.1, 0.15) is 0 Å². The Bertz CT molecular complexity index is 286. The highest BCUT2D eigenvalue weighted by Crippen LogP contribution is 2.73. The van der Waals surface area contributed by atoms with Crippen LogP contribution in [0.1, 0.15) is 46.5 Å². The van der Waals surface area contributed by atoms with E-state index in [-0.39, 0.29) is 11.4 Å². The minimum Gasteiger partial charge on any atom is -0.469 e. The van der Waals surface area contributed by atoms with Crippen LogP contribution in [0.25, 0.3) is 0 Å². The molecule has 0 aromatic carbocycles. The lowest BCUT2D eigenvalue weighted by Gasteiger charge is -2.37. The van der Waals surface area contributed by atoms with Crippen LogP contribution in [-0.2, 0) is 9.53 Å². The van der Waals surface area contributed by atoms with Crippen molar-refractivity contribution >= 4 is 5.97 Å². The normalized spacial score (nSPS) is 50.9. The van der Waals surface area contributed by atoms with Gasteiger partial charge in [0.15, 0.2) is 0 Å². The predicted octanol–water partition coefficient (Wildman–Crippen LogP) is 2.77. The topological polar surface area (TPSA) is 26.3 Å². The molecule has 0 N–H and O–H groups in total. The highest BCUT2D eigenvalue weighted by molar-refractivity contribution is 5.76. The van der Waals surface area contributed by atoms with E-state index in [0.29, 0.717) is 10.8 Å². The Labute approximate surface area is 86.0 Å². The van der Waals surface area contributed by atoms with E-state index in [9.17, 15) is 4.79 Å². The van der Waals surface area contributed by atoms with Crippen molar-refractivity contribution in [2.24, 2.45) is 16.2 Å². The smallest absolute Gasteiger partial charge is 0.311 e. The van der Waals surface area contributed by atoms with Gasteiger partial charge in [-0.25, -0.2) is 0 Å². The van der Waals surface area contributed by atoms with Crippen LogP contribution in [0.15, 0.2) is 0 Å². The average Bonchev–Trinajstić information content (AvgIpc) is 2.66. The van der Waals surface area contributed by atoms with Crippen LogP contribution in [0.2, 0.25) is 0 Å². The molecule has 2 fully saturated rings. The molecular weight excluding hydrogens is 176 g/mol. The van der Waals surface area contributed by atoms with Crippen molar-refractivity contribution in [1.82, 2.24) is 0 Å². The van der Waals surface area contributed by atoms with Crippen molar-refractivity contribution in [2.45, 2.75) is 46.5 Å². The number of rotatable bonds is 1. The van der Waals surface area contributed by atoms with E-state index in [1.807, 2.05) is 0 Å². The number of hydrogen-bond acceptors (Lipinski definition) is 2. The molecule has 2 saturated carbocycles. The Balaban J connectivity index is 2.16. The van der Waals surface area contributed by atoms with Gasteiger partial charge >= 0.3 is 5.97 Å². The van der Waals surface area contributed by atoms with Crippen LogP contribution in [0.4, 0.5) is 0 Å². The maximum absolute atomic E-state index is 11.7. The first-order valence-corrected chi connectivity index (χ1v) is 5.44. The van der Waals surface area contributed by atoms with Crippen molar-refractivity contribution in [3.63, 3.8) is 0 Å². The molecule has 2 heteroatoms. The summed E-state index contributed by atoms with van der Waals surface area (Å²) in [6, 6.07) is 0. The number of hydrogen-bond donors (Lipinski definition) is 0. The average molecular weight is 196 g/mol. The first-order chi connectivity index (χ1) is 6.35. The molecule has 0 aromatic heterocycles. The Kier molecular flexibility index (Phi) is 1.81. The van der Waals surface area contributed by atoms with Crippen LogP contribution < -0.4 is 0 Å². The van der Waals surface area contributed by atoms with Crippen LogP contribution in [0, 0.1) is 16.2 Å². The number of carbonyl (C=O) groups excluding carboxylic acids is 1. The molecule has 0 unspecified atom stereocenters. The summed E-state index contributed by atoms with van der Waals surface area (Å²) in [4.78, 5) is 11.7. The van der Waals surface area contributed by atoms with Gasteiger partial charge in [-0.1, -0.05) is 13.8 Å². The van der Waals surface area contributed by atoms with E-state index in [1.165, 1.54) is 20.0 Å². The molecule has 14 heavy (non-hydrogen) atoms. The van der Waals surface area contributed by atoms with Gasteiger partial charge in [-0.05, 0) is 43.4 Å². The Morgan fingerprint density at radius 1 is 1.07 bits per heavy atom. The second-order valence-electron chi connectivity index (χ2n) is 6.03. The molecule has 0 saturated heterocycles. The number of fused-ring (bicyclic) bond motifs is 1. The number of esters is 1. The molecule has 0 spiro atoms. The van der Waals surface area contributed by atoms with Crippen molar-refractivity contribution in [2.75, 3.05) is 7.11 Å². The van der Waals surface area contributed by atoms with Gasteiger partial charge in [0.25, 0.3) is 0 Å². The third-order valence-corrected chi connectivity index (χ3v) is 4.80. The molecular formula is C12H20O2. The van der Waals surface area contributed by atoms with E-state index >= 15 is 0 Å². The van der Waals surface area contributed by atoms with Crippen LogP contribution in [0.5, 0.6) is 0 Å². The minimum atomic E-state index is -0.223. The molecule has 0 aromatic rings. The summed E-state index contributed by atoms with van der Waals surface area (Å²) in [7, 11) is 1.50. The van der Waals surface area contributed by atoms with Gasteiger partial charge in [-0.3, -0.25) is 4.79 Å². The zero-order valence-electron chi connectivity index (χ0n) is 9.64. The second kappa shape index (κ2) is 2.53. The molecule has 80 valence electrons. The summed E-state index contributed by atoms with van der Waals surface area (Å²) in [6.45, 7) is 6.72. The summed E-state index contributed by atoms with van der Waals surface area (Å²) < 4.78 is 4.90. The zero-order valence-corrected chi connectivity index (χ0v) is 9.64. The van der Waals surface area contributed by atoms with E-state index in [1.54, 1.807) is 0 Å². The molecule has 2 aliphatic carbocycles. The van der Waals surface area contributed by atoms with Gasteiger partial charge in [0.05, 0.1) is 12.5 Å². The van der Waals surface area contributed by atoms with E-state index < -0.39 is 0 Å². The lowest BCUT2D eigenvalue weighted by Crippen LogP contribution is -2.36. The van der Waals surface area contributed by atoms with Crippen molar-refractivity contribution in [3.8, 4) is 0 Å². The monoisotopic (exact) mass is 196 g/mol. The standard InChI is InChI=1S/C12H20O2/c1-10(9(13)14-4)5-6-11(2)8-12(11,3)7-10/h5-8H2,1-4H3/t10-,11+,12-/m1/s1. The molecule has 2 aliphatic rings. The van der Waals surface area contributed by atoms with Crippen LogP contribution >= 0.6 is 0 Å². The zero-order chi connectivity index (χ0) is 10.6. The van der Waals surface area contributed by atoms with Gasteiger partial charge in [-0.15, -0.1) is 0 Å². The summed E-state index contributed by atoms with van der Waals surface area (Å²) in [5.74, 6) is -0.0207. The van der Waals surface area contributed by atoms with Gasteiger partial charge in [0.2, 0.25) is 0 Å². The number of methoxy groups -OCH3 is 1. The first-order valence-electron chi connectivity index (χ1n) is 5.44. The number of ether oxygens (including phenoxy) is 1. The molecule has 3 atom stereocenters. The quantitative estimate of drug-likeness (QED) is 0.603. The maximum Gasteiger partial charge on any atom is 0.311 e. The van der Waals surface area contributed by atoms with Crippen molar-refractivity contribution in [1.29, 1.82) is 0 Å². The Hall–Kier alpha value is -0.530. The summed E-state index contributed by atoms with van der Waals surface area (Å²) in [5, 5.41) is 0. The summed E-state index contributed by atoms with van der Waals surface area (Å²) in [5.41, 5.74) is 0.689. The molecule has 0 aliphatic heterocycles. The highest BCUT2D eigenvalue weighted by atomic mass is 16.5. The lowest BCUT2D eigenvalue weighted by atomic mass is 9.67. The van der Waals surface area contributed by atoms with Gasteiger partial charge in [0, 0.05) is 0 Å². The SMILES string of the molecule is COC(=O)[C@]1(C)CC[C@@]2(C)C[C@@]2(C)C1. The van der Waals surface area contributed by atoms with Gasteiger partial charge < -0.3 is 4.74 Å². The van der Waals surface area contributed by atoms with Crippen LogP contribution in [-0.4, -0.2) is 13.1 Å². The van der Waals surface area contributed by atoms with Gasteiger partial charge in [-0.2, -0.15) is 0 Å². The first kappa shape index (κ1) is 10.0. The molecule has 2 rings (SSSR count). The Morgan fingerprint density at radius 3 is 2.21 bits per heavy atom. The van der Waals surface area contributed by atoms with E-state index in [0.717, 1.165) is 12.8 Å². The van der Waals surface area contributed by atoms with E-state index in [2.05, 4.69) is 20.8 Å². The van der Waals surface area contributed by atoms with E-state index in [4.69, 9.17) is 4.74 Å². The molecule has 0 amide bonds. The van der Waals surface area contributed by atoms with Crippen molar-refractivity contribution in [3.05, 3.63) is 0 Å². The van der Waals surface area contributed by atoms with Crippen LogP contribution in [0.3, 0.4) is 0 Å². The maximum atomic E-state index is 11.7. The highest BCUT2D eigenvalue weighted by Gasteiger charge is 2.66. The fraction of sp³-hybridized carbons (Fsp3) is 0.917. The Morgan fingerprint density at radius 2 is 1.71 bits per heavy atom. The third-order valence-electron chi connectivity index (χ3n) is 4.80. The molecule has 0 bridgehead atoms. The molecule has 2 nitrogen and oxygen atoms in total. The summed E-state index contributed by atoms with van der Waals surface area (Å²) in [6.07, 6.45) is 4.45. The third kappa shape index (κ3) is 1.12. The van der Waals surface area contributed by atoms with Crippen molar-refractivity contribution < 1.29 is 9.53 Å². The molecule has 0 radical (unpaired) electrons. The molecule has 0 heterocycles. The number of carbonyl (C=O) groups is 1.